The average Bonchev–Trinajstić information content (AvgIpc) is 3.20. The van der Waals surface area contributed by atoms with Crippen LogP contribution >= 0.6 is 0 Å². The number of rotatable bonds is 5. The summed E-state index contributed by atoms with van der Waals surface area (Å²) in [5.74, 6) is 0. The third-order valence-corrected chi connectivity index (χ3v) is 6.79. The Labute approximate surface area is 180 Å². The topological polar surface area (TPSA) is 53.0 Å². The molecule has 2 aromatic carbocycles. The van der Waals surface area contributed by atoms with Crippen LogP contribution in [0.1, 0.15) is 25.0 Å². The fourth-order valence-electron chi connectivity index (χ4n) is 4.45. The first-order valence-electron chi connectivity index (χ1n) is 10.0. The van der Waals surface area contributed by atoms with Crippen LogP contribution in [0, 0.1) is 0 Å². The second-order valence-electron chi connectivity index (χ2n) is 8.52. The Morgan fingerprint density at radius 3 is 2.57 bits per heavy atom. The summed E-state index contributed by atoms with van der Waals surface area (Å²) in [7, 11) is 4.04. The fourth-order valence-corrected chi connectivity index (χ4v) is 5.04. The highest BCUT2D eigenvalue weighted by molar-refractivity contribution is 7.79. The van der Waals surface area contributed by atoms with E-state index in [4.69, 9.17) is 4.74 Å². The zero-order chi connectivity index (χ0) is 21.6. The van der Waals surface area contributed by atoms with Crippen LogP contribution in [0.5, 0.6) is 0 Å². The van der Waals surface area contributed by atoms with Crippen LogP contribution in [0.15, 0.2) is 66.1 Å². The summed E-state index contributed by atoms with van der Waals surface area (Å²) >= 11 is -2.05. The SMILES string of the molecule is C=CC(=CC1OC2Cc3cccc(S(=O)O)c3N2C1(C)C)c1ccc(N(C)C)cc1. The maximum atomic E-state index is 11.9. The van der Waals surface area contributed by atoms with Crippen LogP contribution in [-0.4, -0.2) is 40.7 Å². The molecule has 1 N–H and O–H groups in total. The van der Waals surface area contributed by atoms with Crippen molar-refractivity contribution in [3.63, 3.8) is 0 Å². The number of fused-ring (bicyclic) bond motifs is 3. The molecule has 1 saturated heterocycles. The van der Waals surface area contributed by atoms with Crippen molar-refractivity contribution in [2.75, 3.05) is 23.9 Å². The second-order valence-corrected chi connectivity index (χ2v) is 9.46. The monoisotopic (exact) mass is 424 g/mol. The molecule has 0 amide bonds. The maximum Gasteiger partial charge on any atom is 0.188 e. The van der Waals surface area contributed by atoms with Gasteiger partial charge in [-0.2, -0.15) is 0 Å². The predicted molar refractivity (Wildman–Crippen MR) is 123 cm³/mol. The van der Waals surface area contributed by atoms with Crippen LogP contribution in [0.3, 0.4) is 0 Å². The van der Waals surface area contributed by atoms with Crippen molar-refractivity contribution in [3.8, 4) is 0 Å². The summed E-state index contributed by atoms with van der Waals surface area (Å²) < 4.78 is 28.2. The molecule has 0 saturated carbocycles. The molecule has 0 bridgehead atoms. The first kappa shape index (κ1) is 20.8. The minimum atomic E-state index is -2.05. The number of hydrogen-bond acceptors (Lipinski definition) is 4. The lowest BCUT2D eigenvalue weighted by Gasteiger charge is -2.35. The van der Waals surface area contributed by atoms with E-state index in [9.17, 15) is 8.76 Å². The summed E-state index contributed by atoms with van der Waals surface area (Å²) in [6.07, 6.45) is 4.35. The summed E-state index contributed by atoms with van der Waals surface area (Å²) in [5.41, 5.74) is 4.74. The predicted octanol–water partition coefficient (Wildman–Crippen LogP) is 4.47. The van der Waals surface area contributed by atoms with Gasteiger partial charge in [-0.05, 0) is 54.8 Å². The number of ether oxygens (including phenoxy) is 1. The van der Waals surface area contributed by atoms with E-state index in [0.29, 0.717) is 11.3 Å². The molecule has 0 radical (unpaired) electrons. The zero-order valence-corrected chi connectivity index (χ0v) is 18.6. The second kappa shape index (κ2) is 7.69. The third-order valence-electron chi connectivity index (χ3n) is 6.08. The smallest absolute Gasteiger partial charge is 0.188 e. The Morgan fingerprint density at radius 1 is 1.27 bits per heavy atom. The molecule has 3 atom stereocenters. The molecule has 2 aliphatic heterocycles. The number of nitrogens with zero attached hydrogens (tertiary/aromatic N) is 2. The van der Waals surface area contributed by atoms with Gasteiger partial charge in [-0.15, -0.1) is 0 Å². The molecule has 2 aliphatic rings. The largest absolute Gasteiger partial charge is 0.378 e. The van der Waals surface area contributed by atoms with Crippen molar-refractivity contribution in [2.45, 2.75) is 43.0 Å². The van der Waals surface area contributed by atoms with E-state index in [-0.39, 0.29) is 17.9 Å². The van der Waals surface area contributed by atoms with E-state index in [1.807, 2.05) is 32.3 Å². The molecule has 6 heteroatoms. The van der Waals surface area contributed by atoms with Gasteiger partial charge in [0.15, 0.2) is 11.1 Å². The molecule has 158 valence electrons. The molecule has 5 nitrogen and oxygen atoms in total. The summed E-state index contributed by atoms with van der Waals surface area (Å²) in [6.45, 7) is 8.25. The molecule has 2 heterocycles. The van der Waals surface area contributed by atoms with E-state index in [0.717, 1.165) is 28.1 Å². The first-order valence-corrected chi connectivity index (χ1v) is 11.1. The molecule has 0 spiro atoms. The molecule has 4 rings (SSSR count). The van der Waals surface area contributed by atoms with Gasteiger partial charge >= 0.3 is 0 Å². The lowest BCUT2D eigenvalue weighted by atomic mass is 9.92. The lowest BCUT2D eigenvalue weighted by Crippen LogP contribution is -2.46. The zero-order valence-electron chi connectivity index (χ0n) is 17.8. The van der Waals surface area contributed by atoms with Gasteiger partial charge in [0.1, 0.15) is 12.3 Å². The number of allylic oxidation sites excluding steroid dienone is 2. The summed E-state index contributed by atoms with van der Waals surface area (Å²) in [6, 6.07) is 13.9. The Hall–Kier alpha value is -2.41. The third kappa shape index (κ3) is 3.39. The molecule has 1 fully saturated rings. The van der Waals surface area contributed by atoms with Gasteiger partial charge in [0.05, 0.1) is 16.1 Å². The quantitative estimate of drug-likeness (QED) is 0.567. The van der Waals surface area contributed by atoms with Gasteiger partial charge in [-0.25, -0.2) is 4.21 Å². The maximum absolute atomic E-state index is 11.9. The summed E-state index contributed by atoms with van der Waals surface area (Å²) in [4.78, 5) is 4.68. The van der Waals surface area contributed by atoms with Gasteiger partial charge in [-0.1, -0.05) is 36.9 Å². The van der Waals surface area contributed by atoms with E-state index < -0.39 is 11.1 Å². The summed E-state index contributed by atoms with van der Waals surface area (Å²) in [5, 5.41) is 0. The van der Waals surface area contributed by atoms with Crippen molar-refractivity contribution in [1.29, 1.82) is 0 Å². The van der Waals surface area contributed by atoms with Crippen molar-refractivity contribution >= 4 is 28.0 Å². The molecule has 30 heavy (non-hydrogen) atoms. The average molecular weight is 425 g/mol. The minimum absolute atomic E-state index is 0.150. The van der Waals surface area contributed by atoms with Gasteiger partial charge in [-0.3, -0.25) is 0 Å². The Kier molecular flexibility index (Phi) is 5.34. The van der Waals surface area contributed by atoms with Crippen LogP contribution < -0.4 is 9.80 Å². The molecule has 3 unspecified atom stereocenters. The number of anilines is 2. The van der Waals surface area contributed by atoms with Gasteiger partial charge in [0, 0.05) is 26.2 Å². The molecular formula is C24H28N2O3S. The van der Waals surface area contributed by atoms with E-state index >= 15 is 0 Å². The highest BCUT2D eigenvalue weighted by Crippen LogP contribution is 2.48. The Morgan fingerprint density at radius 2 is 1.97 bits per heavy atom. The standard InChI is InChI=1S/C24H28N2O3S/c1-6-16(17-10-12-19(13-11-17)25(4)5)14-21-24(2,3)26-22(29-21)15-18-8-7-9-20(23(18)26)30(27)28/h6-14,21-22H,1,15H2,2-5H3,(H,27,28). The Bertz CT molecular complexity index is 1030. The fraction of sp³-hybridized carbons (Fsp3) is 0.333. The lowest BCUT2D eigenvalue weighted by molar-refractivity contribution is 0.0651. The van der Waals surface area contributed by atoms with Gasteiger partial charge in [0.2, 0.25) is 0 Å². The van der Waals surface area contributed by atoms with Gasteiger partial charge in [0.25, 0.3) is 0 Å². The van der Waals surface area contributed by atoms with E-state index in [1.54, 1.807) is 6.07 Å². The van der Waals surface area contributed by atoms with Gasteiger partial charge < -0.3 is 19.1 Å². The van der Waals surface area contributed by atoms with Crippen molar-refractivity contribution in [3.05, 3.63) is 72.3 Å². The normalized spacial score (nSPS) is 23.1. The highest BCUT2D eigenvalue weighted by atomic mass is 32.2. The van der Waals surface area contributed by atoms with Crippen LogP contribution in [0.4, 0.5) is 11.4 Å². The van der Waals surface area contributed by atoms with Crippen molar-refractivity contribution in [2.24, 2.45) is 0 Å². The van der Waals surface area contributed by atoms with Crippen molar-refractivity contribution in [1.82, 2.24) is 0 Å². The number of benzene rings is 2. The van der Waals surface area contributed by atoms with Crippen LogP contribution in [-0.2, 0) is 22.2 Å². The molecule has 0 aliphatic carbocycles. The van der Waals surface area contributed by atoms with Crippen molar-refractivity contribution < 1.29 is 13.5 Å². The Balaban J connectivity index is 1.69. The number of para-hydroxylation sites is 1. The van der Waals surface area contributed by atoms with E-state index in [1.165, 1.54) is 0 Å². The molecule has 2 aromatic rings. The first-order chi connectivity index (χ1) is 14.2. The van der Waals surface area contributed by atoms with E-state index in [2.05, 4.69) is 60.6 Å². The highest BCUT2D eigenvalue weighted by Gasteiger charge is 2.52. The van der Waals surface area contributed by atoms with Crippen LogP contribution in [0.2, 0.25) is 0 Å². The van der Waals surface area contributed by atoms with Crippen LogP contribution in [0.25, 0.3) is 5.57 Å². The molecular weight excluding hydrogens is 396 g/mol. The molecule has 0 aromatic heterocycles. The number of hydrogen-bond donors (Lipinski definition) is 1. The minimum Gasteiger partial charge on any atom is -0.378 e.